The summed E-state index contributed by atoms with van der Waals surface area (Å²) in [6.07, 6.45) is 2.09. The molecule has 41 heavy (non-hydrogen) atoms. The number of hydrogen-bond acceptors (Lipinski definition) is 7. The molecule has 1 fully saturated rings. The molecule has 1 aliphatic rings. The molecule has 1 heterocycles. The van der Waals surface area contributed by atoms with Gasteiger partial charge in [0.25, 0.3) is 0 Å². The zero-order chi connectivity index (χ0) is 30.4. The predicted molar refractivity (Wildman–Crippen MR) is 154 cm³/mol. The summed E-state index contributed by atoms with van der Waals surface area (Å²) in [6, 6.07) is 5.17. The summed E-state index contributed by atoms with van der Waals surface area (Å²) in [5.41, 5.74) is 28.5. The molecule has 13 N–H and O–H groups in total. The number of amides is 3. The van der Waals surface area contributed by atoms with Crippen molar-refractivity contribution < 1.29 is 24.3 Å². The average Bonchev–Trinajstić information content (AvgIpc) is 3.42. The van der Waals surface area contributed by atoms with Crippen LogP contribution in [0.4, 0.5) is 0 Å². The molecule has 0 bridgehead atoms. The van der Waals surface area contributed by atoms with E-state index >= 15 is 0 Å². The van der Waals surface area contributed by atoms with Crippen LogP contribution in [-0.2, 0) is 25.6 Å². The largest absolute Gasteiger partial charge is 0.480 e. The average molecular weight is 575 g/mol. The lowest BCUT2D eigenvalue weighted by atomic mass is 10.0. The molecule has 4 unspecified atom stereocenters. The molecule has 0 aromatic heterocycles. The number of aliphatic carboxylic acids is 1. The van der Waals surface area contributed by atoms with Gasteiger partial charge < -0.3 is 49.3 Å². The summed E-state index contributed by atoms with van der Waals surface area (Å²) in [6.45, 7) is 0.674. The van der Waals surface area contributed by atoms with Gasteiger partial charge in [-0.2, -0.15) is 0 Å². The van der Waals surface area contributed by atoms with E-state index in [2.05, 4.69) is 20.6 Å². The number of hydrogen-bond donors (Lipinski definition) is 8. The van der Waals surface area contributed by atoms with E-state index in [-0.39, 0.29) is 50.8 Å². The molecule has 0 aliphatic carbocycles. The van der Waals surface area contributed by atoms with Gasteiger partial charge in [0, 0.05) is 19.6 Å². The molecular formula is C26H42N10O5. The van der Waals surface area contributed by atoms with Crippen molar-refractivity contribution >= 4 is 35.6 Å². The van der Waals surface area contributed by atoms with Crippen molar-refractivity contribution in [3.8, 4) is 0 Å². The van der Waals surface area contributed by atoms with Gasteiger partial charge in [0.1, 0.15) is 18.1 Å². The van der Waals surface area contributed by atoms with Crippen molar-refractivity contribution in [1.29, 1.82) is 0 Å². The van der Waals surface area contributed by atoms with E-state index < -0.39 is 47.9 Å². The fourth-order valence-corrected chi connectivity index (χ4v) is 4.53. The van der Waals surface area contributed by atoms with Crippen LogP contribution in [-0.4, -0.2) is 89.4 Å². The second-order valence-corrected chi connectivity index (χ2v) is 9.84. The minimum atomic E-state index is -1.11. The smallest absolute Gasteiger partial charge is 0.326 e. The number of carbonyl (C=O) groups is 4. The number of carbonyl (C=O) groups excluding carboxylic acids is 3. The van der Waals surface area contributed by atoms with Gasteiger partial charge in [-0.3, -0.25) is 24.4 Å². The van der Waals surface area contributed by atoms with Crippen molar-refractivity contribution in [2.75, 3.05) is 19.6 Å². The van der Waals surface area contributed by atoms with Gasteiger partial charge in [0.2, 0.25) is 17.7 Å². The van der Waals surface area contributed by atoms with Gasteiger partial charge in [-0.15, -0.1) is 0 Å². The summed E-state index contributed by atoms with van der Waals surface area (Å²) in [4.78, 5) is 60.6. The molecule has 0 spiro atoms. The number of nitrogens with one attached hydrogen (secondary N) is 2. The number of benzene rings is 1. The van der Waals surface area contributed by atoms with Crippen molar-refractivity contribution in [1.82, 2.24) is 15.5 Å². The fourth-order valence-electron chi connectivity index (χ4n) is 4.53. The Morgan fingerprint density at radius 1 is 0.902 bits per heavy atom. The monoisotopic (exact) mass is 574 g/mol. The molecule has 1 saturated heterocycles. The quantitative estimate of drug-likeness (QED) is 0.0594. The van der Waals surface area contributed by atoms with E-state index in [9.17, 15) is 24.3 Å². The number of rotatable bonds is 16. The molecule has 0 saturated carbocycles. The standard InChI is InChI=1S/C26H42N10O5/c27-17(15-16-7-2-1-3-8-16)21(37)34-18(9-4-12-32-25(28)29)22(38)35-19(10-5-13-33-26(30)31)23(39)36-14-6-11-20(36)24(40)41/h1-3,7-8,17-20H,4-6,9-15,27H2,(H,34,37)(H,35,38)(H,40,41)(H4,28,29,32)(H4,30,31,33). The highest BCUT2D eigenvalue weighted by Crippen LogP contribution is 2.20. The number of aliphatic imine (C=N–C) groups is 2. The molecule has 15 nitrogen and oxygen atoms in total. The molecule has 4 atom stereocenters. The molecule has 0 radical (unpaired) electrons. The Bertz CT molecular complexity index is 1090. The SMILES string of the molecule is NC(N)=NCCCC(NC(=O)C(N)Cc1ccccc1)C(=O)NC(CCCN=C(N)N)C(=O)N1CCCC1C(=O)O. The summed E-state index contributed by atoms with van der Waals surface area (Å²) in [5.74, 6) is -3.03. The molecule has 226 valence electrons. The van der Waals surface area contributed by atoms with Crippen LogP contribution in [0.25, 0.3) is 0 Å². The first kappa shape index (κ1) is 32.8. The van der Waals surface area contributed by atoms with Crippen LogP contribution in [0, 0.1) is 0 Å². The third kappa shape index (κ3) is 11.3. The maximum Gasteiger partial charge on any atom is 0.326 e. The second-order valence-electron chi connectivity index (χ2n) is 9.84. The molecule has 1 aliphatic heterocycles. The maximum atomic E-state index is 13.5. The normalized spacial score (nSPS) is 16.6. The lowest BCUT2D eigenvalue weighted by Crippen LogP contribution is -2.57. The fraction of sp³-hybridized carbons (Fsp3) is 0.538. The van der Waals surface area contributed by atoms with Crippen LogP contribution in [0.3, 0.4) is 0 Å². The van der Waals surface area contributed by atoms with Crippen LogP contribution in [0.15, 0.2) is 40.3 Å². The Labute approximate surface area is 239 Å². The molecule has 1 aromatic carbocycles. The molecule has 3 amide bonds. The van der Waals surface area contributed by atoms with Crippen LogP contribution in [0.2, 0.25) is 0 Å². The predicted octanol–water partition coefficient (Wildman–Crippen LogP) is -2.29. The highest BCUT2D eigenvalue weighted by Gasteiger charge is 2.38. The number of carboxylic acid groups (broad SMARTS) is 1. The summed E-state index contributed by atoms with van der Waals surface area (Å²) in [7, 11) is 0. The second kappa shape index (κ2) is 16.6. The Balaban J connectivity index is 2.19. The van der Waals surface area contributed by atoms with Gasteiger partial charge in [0.15, 0.2) is 11.9 Å². The zero-order valence-corrected chi connectivity index (χ0v) is 23.1. The third-order valence-corrected chi connectivity index (χ3v) is 6.59. The van der Waals surface area contributed by atoms with E-state index in [4.69, 9.17) is 28.7 Å². The lowest BCUT2D eigenvalue weighted by Gasteiger charge is -2.29. The van der Waals surface area contributed by atoms with Gasteiger partial charge in [-0.25, -0.2) is 4.79 Å². The Kier molecular flexibility index (Phi) is 13.3. The number of guanidine groups is 2. The minimum Gasteiger partial charge on any atom is -0.480 e. The summed E-state index contributed by atoms with van der Waals surface area (Å²) >= 11 is 0. The van der Waals surface area contributed by atoms with Gasteiger partial charge >= 0.3 is 5.97 Å². The molecular weight excluding hydrogens is 532 g/mol. The third-order valence-electron chi connectivity index (χ3n) is 6.59. The van der Waals surface area contributed by atoms with Gasteiger partial charge in [-0.05, 0) is 50.5 Å². The zero-order valence-electron chi connectivity index (χ0n) is 23.1. The van der Waals surface area contributed by atoms with E-state index in [1.54, 1.807) is 0 Å². The highest BCUT2D eigenvalue weighted by atomic mass is 16.4. The highest BCUT2D eigenvalue weighted by molar-refractivity contribution is 5.94. The number of likely N-dealkylation sites (tertiary alicyclic amines) is 1. The first-order valence-corrected chi connectivity index (χ1v) is 13.5. The van der Waals surface area contributed by atoms with Crippen LogP contribution >= 0.6 is 0 Å². The van der Waals surface area contributed by atoms with E-state index in [1.165, 1.54) is 4.90 Å². The summed E-state index contributed by atoms with van der Waals surface area (Å²) in [5, 5.41) is 15.0. The first-order chi connectivity index (χ1) is 19.5. The Morgan fingerprint density at radius 2 is 1.46 bits per heavy atom. The Morgan fingerprint density at radius 3 is 2.02 bits per heavy atom. The number of nitrogens with two attached hydrogens (primary N) is 5. The van der Waals surface area contributed by atoms with Crippen LogP contribution in [0.5, 0.6) is 0 Å². The van der Waals surface area contributed by atoms with Crippen molar-refractivity contribution in [3.05, 3.63) is 35.9 Å². The molecule has 1 aromatic rings. The van der Waals surface area contributed by atoms with Crippen molar-refractivity contribution in [2.24, 2.45) is 38.7 Å². The van der Waals surface area contributed by atoms with E-state index in [0.29, 0.717) is 25.7 Å². The van der Waals surface area contributed by atoms with Gasteiger partial charge in [-0.1, -0.05) is 30.3 Å². The summed E-state index contributed by atoms with van der Waals surface area (Å²) < 4.78 is 0. The van der Waals surface area contributed by atoms with E-state index in [0.717, 1.165) is 5.56 Å². The van der Waals surface area contributed by atoms with Crippen molar-refractivity contribution in [2.45, 2.75) is 69.1 Å². The first-order valence-electron chi connectivity index (χ1n) is 13.5. The van der Waals surface area contributed by atoms with Crippen LogP contribution in [0.1, 0.15) is 44.1 Å². The molecule has 15 heteroatoms. The lowest BCUT2D eigenvalue weighted by molar-refractivity contribution is -0.149. The van der Waals surface area contributed by atoms with E-state index in [1.807, 2.05) is 30.3 Å². The van der Waals surface area contributed by atoms with Crippen molar-refractivity contribution in [3.63, 3.8) is 0 Å². The Hall–Kier alpha value is -4.40. The minimum absolute atomic E-state index is 0.107. The maximum absolute atomic E-state index is 13.5. The number of nitrogens with zero attached hydrogens (tertiary/aromatic N) is 3. The van der Waals surface area contributed by atoms with Gasteiger partial charge in [0.05, 0.1) is 6.04 Å². The molecule has 2 rings (SSSR count). The topological polar surface area (TPSA) is 271 Å². The van der Waals surface area contributed by atoms with Crippen LogP contribution < -0.4 is 39.3 Å². The number of carboxylic acids is 1.